The summed E-state index contributed by atoms with van der Waals surface area (Å²) >= 11 is 5.77. The summed E-state index contributed by atoms with van der Waals surface area (Å²) in [7, 11) is -4.19. The van der Waals surface area contributed by atoms with E-state index in [1.54, 1.807) is 0 Å². The molecule has 0 aliphatic heterocycles. The van der Waals surface area contributed by atoms with Crippen LogP contribution in [0.3, 0.4) is 0 Å². The van der Waals surface area contributed by atoms with Crippen molar-refractivity contribution in [3.8, 4) is 0 Å². The third-order valence-corrected chi connectivity index (χ3v) is 4.18. The Kier molecular flexibility index (Phi) is 4.11. The van der Waals surface area contributed by atoms with Crippen LogP contribution in [0.15, 0.2) is 47.6 Å². The van der Waals surface area contributed by atoms with Crippen LogP contribution in [-0.4, -0.2) is 13.4 Å². The molecule has 0 spiro atoms. The van der Waals surface area contributed by atoms with E-state index >= 15 is 0 Å². The first kappa shape index (κ1) is 15.6. The molecular formula is C12H8ClF3N2O2S. The van der Waals surface area contributed by atoms with Gasteiger partial charge in [0.15, 0.2) is 0 Å². The van der Waals surface area contributed by atoms with Crippen LogP contribution in [0.2, 0.25) is 5.02 Å². The van der Waals surface area contributed by atoms with Crippen molar-refractivity contribution < 1.29 is 21.6 Å². The standard InChI is InChI=1S/C12H8ClF3N2O2S/c13-10-4-5-17-7-11(10)18-21(19,20)9-3-1-2-8(6-9)12(14,15)16/h1-7,18H. The molecule has 0 aliphatic carbocycles. The van der Waals surface area contributed by atoms with Crippen molar-refractivity contribution in [1.29, 1.82) is 0 Å². The fraction of sp³-hybridized carbons (Fsp3) is 0.0833. The van der Waals surface area contributed by atoms with Crippen LogP contribution in [-0.2, 0) is 16.2 Å². The summed E-state index contributed by atoms with van der Waals surface area (Å²) < 4.78 is 64.0. The number of alkyl halides is 3. The molecule has 1 aromatic heterocycles. The number of nitrogens with zero attached hydrogens (tertiary/aromatic N) is 1. The van der Waals surface area contributed by atoms with Crippen LogP contribution in [0.5, 0.6) is 0 Å². The Morgan fingerprint density at radius 2 is 1.90 bits per heavy atom. The van der Waals surface area contributed by atoms with E-state index in [9.17, 15) is 21.6 Å². The molecule has 0 amide bonds. The number of anilines is 1. The number of halogens is 4. The summed E-state index contributed by atoms with van der Waals surface area (Å²) in [5.41, 5.74) is -1.07. The van der Waals surface area contributed by atoms with Crippen LogP contribution in [0.25, 0.3) is 0 Å². The third kappa shape index (κ3) is 3.64. The van der Waals surface area contributed by atoms with Crippen molar-refractivity contribution in [2.24, 2.45) is 0 Å². The lowest BCUT2D eigenvalue weighted by Gasteiger charge is -2.11. The van der Waals surface area contributed by atoms with Gasteiger partial charge in [-0.15, -0.1) is 0 Å². The van der Waals surface area contributed by atoms with Gasteiger partial charge in [0.25, 0.3) is 10.0 Å². The number of hydrogen-bond acceptors (Lipinski definition) is 3. The molecule has 2 aromatic rings. The maximum Gasteiger partial charge on any atom is 0.416 e. The lowest BCUT2D eigenvalue weighted by molar-refractivity contribution is -0.137. The van der Waals surface area contributed by atoms with Gasteiger partial charge in [0.05, 0.1) is 27.4 Å². The smallest absolute Gasteiger partial charge is 0.277 e. The number of sulfonamides is 1. The van der Waals surface area contributed by atoms with E-state index in [1.165, 1.54) is 12.3 Å². The van der Waals surface area contributed by atoms with E-state index in [4.69, 9.17) is 11.6 Å². The zero-order valence-corrected chi connectivity index (χ0v) is 11.8. The first-order chi connectivity index (χ1) is 9.70. The van der Waals surface area contributed by atoms with Gasteiger partial charge >= 0.3 is 6.18 Å². The van der Waals surface area contributed by atoms with Crippen molar-refractivity contribution in [3.05, 3.63) is 53.3 Å². The minimum absolute atomic E-state index is 0.0171. The zero-order chi connectivity index (χ0) is 15.7. The zero-order valence-electron chi connectivity index (χ0n) is 10.2. The second kappa shape index (κ2) is 5.53. The van der Waals surface area contributed by atoms with Crippen molar-refractivity contribution in [2.75, 3.05) is 4.72 Å². The molecule has 112 valence electrons. The molecule has 4 nitrogen and oxygen atoms in total. The van der Waals surface area contributed by atoms with Crippen molar-refractivity contribution in [2.45, 2.75) is 11.1 Å². The van der Waals surface area contributed by atoms with Gasteiger partial charge in [-0.1, -0.05) is 17.7 Å². The highest BCUT2D eigenvalue weighted by Crippen LogP contribution is 2.31. The Hall–Kier alpha value is -1.80. The number of pyridine rings is 1. The van der Waals surface area contributed by atoms with E-state index in [2.05, 4.69) is 9.71 Å². The van der Waals surface area contributed by atoms with Gasteiger partial charge in [0.2, 0.25) is 0 Å². The second-order valence-corrected chi connectivity index (χ2v) is 6.08. The van der Waals surface area contributed by atoms with E-state index in [-0.39, 0.29) is 10.7 Å². The number of benzene rings is 1. The SMILES string of the molecule is O=S(=O)(Nc1cnccc1Cl)c1cccc(C(F)(F)F)c1. The van der Waals surface area contributed by atoms with Crippen molar-refractivity contribution >= 4 is 27.3 Å². The Bertz CT molecular complexity index is 763. The summed E-state index contributed by atoms with van der Waals surface area (Å²) in [4.78, 5) is 3.17. The molecule has 0 fully saturated rings. The molecule has 0 bridgehead atoms. The molecule has 2 rings (SSSR count). The number of hydrogen-bond donors (Lipinski definition) is 1. The van der Waals surface area contributed by atoms with Crippen LogP contribution in [0, 0.1) is 0 Å². The normalized spacial score (nSPS) is 12.2. The molecule has 0 saturated carbocycles. The maximum absolute atomic E-state index is 12.6. The topological polar surface area (TPSA) is 59.1 Å². The van der Waals surface area contributed by atoms with Gasteiger partial charge in [-0.2, -0.15) is 13.2 Å². The number of rotatable bonds is 3. The van der Waals surface area contributed by atoms with E-state index < -0.39 is 26.7 Å². The molecule has 1 N–H and O–H groups in total. The molecule has 0 saturated heterocycles. The summed E-state index contributed by atoms with van der Waals surface area (Å²) in [6, 6.07) is 4.76. The van der Waals surface area contributed by atoms with Crippen LogP contribution in [0.1, 0.15) is 5.56 Å². The summed E-state index contributed by atoms with van der Waals surface area (Å²) in [5.74, 6) is 0. The average Bonchev–Trinajstić information content (AvgIpc) is 2.40. The highest BCUT2D eigenvalue weighted by Gasteiger charge is 2.31. The van der Waals surface area contributed by atoms with E-state index in [0.29, 0.717) is 6.07 Å². The average molecular weight is 337 g/mol. The molecule has 1 aromatic carbocycles. The monoisotopic (exact) mass is 336 g/mol. The lowest BCUT2D eigenvalue weighted by atomic mass is 10.2. The van der Waals surface area contributed by atoms with E-state index in [0.717, 1.165) is 24.4 Å². The van der Waals surface area contributed by atoms with E-state index in [1.807, 2.05) is 0 Å². The number of nitrogens with one attached hydrogen (secondary N) is 1. The molecule has 21 heavy (non-hydrogen) atoms. The fourth-order valence-electron chi connectivity index (χ4n) is 1.50. The first-order valence-electron chi connectivity index (χ1n) is 5.50. The Balaban J connectivity index is 2.39. The maximum atomic E-state index is 12.6. The molecule has 0 unspecified atom stereocenters. The Labute approximate surface area is 123 Å². The van der Waals surface area contributed by atoms with Crippen molar-refractivity contribution in [1.82, 2.24) is 4.98 Å². The van der Waals surface area contributed by atoms with Gasteiger partial charge in [-0.3, -0.25) is 9.71 Å². The minimum Gasteiger partial charge on any atom is -0.277 e. The molecule has 0 aliphatic rings. The van der Waals surface area contributed by atoms with Gasteiger partial charge in [-0.05, 0) is 24.3 Å². The van der Waals surface area contributed by atoms with Crippen LogP contribution >= 0.6 is 11.6 Å². The van der Waals surface area contributed by atoms with Crippen LogP contribution in [0.4, 0.5) is 18.9 Å². The molecular weight excluding hydrogens is 329 g/mol. The first-order valence-corrected chi connectivity index (χ1v) is 7.36. The molecule has 9 heteroatoms. The summed E-state index contributed by atoms with van der Waals surface area (Å²) in [6.45, 7) is 0. The minimum atomic E-state index is -4.63. The van der Waals surface area contributed by atoms with Gasteiger partial charge in [-0.25, -0.2) is 8.42 Å². The lowest BCUT2D eigenvalue weighted by Crippen LogP contribution is -2.15. The predicted octanol–water partition coefficient (Wildman–Crippen LogP) is 3.55. The third-order valence-electron chi connectivity index (χ3n) is 2.48. The summed E-state index contributed by atoms with van der Waals surface area (Å²) in [6.07, 6.45) is -2.12. The van der Waals surface area contributed by atoms with Crippen LogP contribution < -0.4 is 4.72 Å². The second-order valence-electron chi connectivity index (χ2n) is 3.99. The predicted molar refractivity (Wildman–Crippen MR) is 71.5 cm³/mol. The summed E-state index contributed by atoms with van der Waals surface area (Å²) in [5, 5.41) is 0.0838. The fourth-order valence-corrected chi connectivity index (χ4v) is 2.81. The quantitative estimate of drug-likeness (QED) is 0.932. The molecule has 0 atom stereocenters. The highest BCUT2D eigenvalue weighted by atomic mass is 35.5. The Morgan fingerprint density at radius 1 is 1.19 bits per heavy atom. The molecule has 1 heterocycles. The largest absolute Gasteiger partial charge is 0.416 e. The van der Waals surface area contributed by atoms with Gasteiger partial charge in [0.1, 0.15) is 0 Å². The highest BCUT2D eigenvalue weighted by molar-refractivity contribution is 7.92. The molecule has 0 radical (unpaired) electrons. The Morgan fingerprint density at radius 3 is 2.52 bits per heavy atom. The van der Waals surface area contributed by atoms with Gasteiger partial charge in [0, 0.05) is 6.20 Å². The van der Waals surface area contributed by atoms with Gasteiger partial charge < -0.3 is 0 Å². The van der Waals surface area contributed by atoms with Crippen molar-refractivity contribution in [3.63, 3.8) is 0 Å². The number of aromatic nitrogens is 1.